The van der Waals surface area contributed by atoms with Crippen molar-refractivity contribution in [1.29, 1.82) is 0 Å². The predicted molar refractivity (Wildman–Crippen MR) is 90.1 cm³/mol. The zero-order chi connectivity index (χ0) is 17.0. The number of hydrogen-bond acceptors (Lipinski definition) is 6. The predicted octanol–water partition coefficient (Wildman–Crippen LogP) is 1.85. The minimum absolute atomic E-state index is 0.112. The van der Waals surface area contributed by atoms with Crippen LogP contribution in [0.15, 0.2) is 12.1 Å². The quantitative estimate of drug-likeness (QED) is 0.765. The SMILES string of the molecule is COc1cc(C(=O)O)cc(N2CCCC2)c1C(=O)NSN(C)C. The van der Waals surface area contributed by atoms with Gasteiger partial charge in [0.1, 0.15) is 11.3 Å². The normalized spacial score (nSPS) is 14.2. The molecule has 1 aromatic carbocycles. The number of carbonyl (C=O) groups is 2. The van der Waals surface area contributed by atoms with Crippen molar-refractivity contribution in [3.8, 4) is 5.75 Å². The lowest BCUT2D eigenvalue weighted by molar-refractivity contribution is 0.0696. The van der Waals surface area contributed by atoms with Crippen molar-refractivity contribution in [2.24, 2.45) is 0 Å². The van der Waals surface area contributed by atoms with Crippen molar-refractivity contribution in [1.82, 2.24) is 9.03 Å². The van der Waals surface area contributed by atoms with Gasteiger partial charge in [-0.15, -0.1) is 0 Å². The molecule has 126 valence electrons. The highest BCUT2D eigenvalue weighted by molar-refractivity contribution is 7.95. The Morgan fingerprint density at radius 3 is 2.48 bits per heavy atom. The number of methoxy groups -OCH3 is 1. The van der Waals surface area contributed by atoms with Gasteiger partial charge in [0.25, 0.3) is 5.91 Å². The van der Waals surface area contributed by atoms with Crippen molar-refractivity contribution in [2.45, 2.75) is 12.8 Å². The molecule has 1 aromatic rings. The van der Waals surface area contributed by atoms with Gasteiger partial charge in [0.05, 0.1) is 18.4 Å². The summed E-state index contributed by atoms with van der Waals surface area (Å²) in [6, 6.07) is 2.93. The third-order valence-electron chi connectivity index (χ3n) is 3.54. The molecule has 7 nitrogen and oxygen atoms in total. The molecule has 2 N–H and O–H groups in total. The monoisotopic (exact) mass is 339 g/mol. The molecule has 2 rings (SSSR count). The Hall–Kier alpha value is -1.93. The van der Waals surface area contributed by atoms with E-state index in [1.807, 2.05) is 19.0 Å². The Kier molecular flexibility index (Phi) is 5.73. The Bertz CT molecular complexity index is 601. The Balaban J connectivity index is 2.47. The van der Waals surface area contributed by atoms with Crippen LogP contribution in [0.3, 0.4) is 0 Å². The number of nitrogens with zero attached hydrogens (tertiary/aromatic N) is 2. The molecule has 0 radical (unpaired) electrons. The lowest BCUT2D eigenvalue weighted by Crippen LogP contribution is -2.27. The molecule has 1 aliphatic rings. The van der Waals surface area contributed by atoms with Crippen LogP contribution in [0.5, 0.6) is 5.75 Å². The van der Waals surface area contributed by atoms with E-state index in [2.05, 4.69) is 4.72 Å². The van der Waals surface area contributed by atoms with E-state index in [0.717, 1.165) is 38.1 Å². The summed E-state index contributed by atoms with van der Waals surface area (Å²) in [5.74, 6) is -1.08. The first-order valence-electron chi connectivity index (χ1n) is 7.29. The summed E-state index contributed by atoms with van der Waals surface area (Å²) in [5, 5.41) is 9.29. The number of carboxylic acid groups (broad SMARTS) is 1. The van der Waals surface area contributed by atoms with Gasteiger partial charge in [-0.3, -0.25) is 9.52 Å². The molecule has 0 unspecified atom stereocenters. The number of aromatic carboxylic acids is 1. The van der Waals surface area contributed by atoms with Crippen molar-refractivity contribution in [3.63, 3.8) is 0 Å². The molecular formula is C15H21N3O4S. The molecular weight excluding hydrogens is 318 g/mol. The molecule has 0 bridgehead atoms. The Morgan fingerprint density at radius 1 is 1.30 bits per heavy atom. The van der Waals surface area contributed by atoms with Crippen LogP contribution in [0.2, 0.25) is 0 Å². The maximum Gasteiger partial charge on any atom is 0.335 e. The number of amides is 1. The minimum Gasteiger partial charge on any atom is -0.496 e. The van der Waals surface area contributed by atoms with E-state index in [9.17, 15) is 14.7 Å². The van der Waals surface area contributed by atoms with Crippen LogP contribution >= 0.6 is 12.1 Å². The third kappa shape index (κ3) is 4.08. The van der Waals surface area contributed by atoms with Crippen LogP contribution in [0.1, 0.15) is 33.6 Å². The van der Waals surface area contributed by atoms with E-state index in [4.69, 9.17) is 4.74 Å². The van der Waals surface area contributed by atoms with Crippen LogP contribution in [0.4, 0.5) is 5.69 Å². The van der Waals surface area contributed by atoms with Crippen molar-refractivity contribution in [3.05, 3.63) is 23.3 Å². The first-order valence-corrected chi connectivity index (χ1v) is 8.06. The number of anilines is 1. The van der Waals surface area contributed by atoms with E-state index < -0.39 is 5.97 Å². The second kappa shape index (κ2) is 7.56. The fourth-order valence-electron chi connectivity index (χ4n) is 2.50. The summed E-state index contributed by atoms with van der Waals surface area (Å²) < 4.78 is 9.78. The van der Waals surface area contributed by atoms with Crippen LogP contribution in [-0.4, -0.2) is 55.6 Å². The zero-order valence-electron chi connectivity index (χ0n) is 13.5. The smallest absolute Gasteiger partial charge is 0.335 e. The number of ether oxygens (including phenoxy) is 1. The van der Waals surface area contributed by atoms with Gasteiger partial charge in [0.15, 0.2) is 0 Å². The number of rotatable bonds is 6. The summed E-state index contributed by atoms with van der Waals surface area (Å²) in [7, 11) is 5.07. The van der Waals surface area contributed by atoms with Crippen LogP contribution in [0, 0.1) is 0 Å². The van der Waals surface area contributed by atoms with E-state index in [-0.39, 0.29) is 17.2 Å². The van der Waals surface area contributed by atoms with Crippen molar-refractivity contribution < 1.29 is 19.4 Å². The van der Waals surface area contributed by atoms with Gasteiger partial charge in [-0.25, -0.2) is 9.10 Å². The van der Waals surface area contributed by atoms with Crippen molar-refractivity contribution in [2.75, 3.05) is 39.2 Å². The van der Waals surface area contributed by atoms with E-state index in [1.54, 1.807) is 10.4 Å². The highest BCUT2D eigenvalue weighted by Gasteiger charge is 2.26. The Labute approximate surface area is 139 Å². The van der Waals surface area contributed by atoms with Crippen LogP contribution in [0.25, 0.3) is 0 Å². The molecule has 1 saturated heterocycles. The average molecular weight is 339 g/mol. The fourth-order valence-corrected chi connectivity index (χ4v) is 2.87. The number of nitrogens with one attached hydrogen (secondary N) is 1. The maximum absolute atomic E-state index is 12.6. The summed E-state index contributed by atoms with van der Waals surface area (Å²) >= 11 is 1.16. The van der Waals surface area contributed by atoms with Gasteiger partial charge in [0, 0.05) is 25.2 Å². The Morgan fingerprint density at radius 2 is 1.96 bits per heavy atom. The lowest BCUT2D eigenvalue weighted by atomic mass is 10.1. The van der Waals surface area contributed by atoms with Crippen LogP contribution in [-0.2, 0) is 0 Å². The number of carboxylic acids is 1. The lowest BCUT2D eigenvalue weighted by Gasteiger charge is -2.23. The highest BCUT2D eigenvalue weighted by atomic mass is 32.2. The first-order chi connectivity index (χ1) is 10.9. The maximum atomic E-state index is 12.6. The number of benzene rings is 1. The molecule has 0 atom stereocenters. The minimum atomic E-state index is -1.04. The van der Waals surface area contributed by atoms with Gasteiger partial charge in [-0.05, 0) is 39.1 Å². The summed E-state index contributed by atoms with van der Waals surface area (Å²) in [4.78, 5) is 26.0. The third-order valence-corrected chi connectivity index (χ3v) is 4.18. The number of hydrogen-bond donors (Lipinski definition) is 2. The number of carbonyl (C=O) groups excluding carboxylic acids is 1. The van der Waals surface area contributed by atoms with Gasteiger partial charge in [-0.2, -0.15) is 0 Å². The summed E-state index contributed by atoms with van der Waals surface area (Å²) in [5.41, 5.74) is 1.09. The van der Waals surface area contributed by atoms with Crippen molar-refractivity contribution >= 4 is 29.7 Å². The molecule has 1 heterocycles. The molecule has 0 saturated carbocycles. The van der Waals surface area contributed by atoms with Crippen LogP contribution < -0.4 is 14.4 Å². The van der Waals surface area contributed by atoms with E-state index in [0.29, 0.717) is 11.3 Å². The fraction of sp³-hybridized carbons (Fsp3) is 0.467. The van der Waals surface area contributed by atoms with Gasteiger partial charge < -0.3 is 14.7 Å². The zero-order valence-corrected chi connectivity index (χ0v) is 14.3. The van der Waals surface area contributed by atoms with Gasteiger partial charge in [-0.1, -0.05) is 0 Å². The van der Waals surface area contributed by atoms with E-state index in [1.165, 1.54) is 13.2 Å². The van der Waals surface area contributed by atoms with Gasteiger partial charge in [0.2, 0.25) is 0 Å². The molecule has 0 aliphatic carbocycles. The molecule has 1 aliphatic heterocycles. The highest BCUT2D eigenvalue weighted by Crippen LogP contribution is 2.34. The molecule has 23 heavy (non-hydrogen) atoms. The standard InChI is InChI=1S/C15H21N3O4S/c1-17(2)23-16-14(19)13-11(18-6-4-5-7-18)8-10(15(20)21)9-12(13)22-3/h8-9H,4-7H2,1-3H3,(H,16,19)(H,20,21). The summed E-state index contributed by atoms with van der Waals surface area (Å²) in [6.07, 6.45) is 2.04. The average Bonchev–Trinajstić information content (AvgIpc) is 3.05. The topological polar surface area (TPSA) is 82.1 Å². The second-order valence-electron chi connectivity index (χ2n) is 5.41. The molecule has 8 heteroatoms. The first kappa shape index (κ1) is 17.4. The molecule has 0 spiro atoms. The molecule has 1 amide bonds. The van der Waals surface area contributed by atoms with Gasteiger partial charge >= 0.3 is 5.97 Å². The largest absolute Gasteiger partial charge is 0.496 e. The molecule has 0 aromatic heterocycles. The second-order valence-corrected chi connectivity index (χ2v) is 6.52. The molecule has 1 fully saturated rings. The summed E-state index contributed by atoms with van der Waals surface area (Å²) in [6.45, 7) is 1.60. The van der Waals surface area contributed by atoms with E-state index >= 15 is 0 Å².